The molecule has 1 heterocycles. The molecular weight excluding hydrogens is 242 g/mol. The smallest absolute Gasteiger partial charge is 0.191 e. The first-order valence-corrected chi connectivity index (χ1v) is 8.64. The highest BCUT2D eigenvalue weighted by Crippen LogP contribution is 2.34. The van der Waals surface area contributed by atoms with Gasteiger partial charge >= 0.3 is 0 Å². The van der Waals surface area contributed by atoms with Gasteiger partial charge in [0.25, 0.3) is 0 Å². The molecule has 4 heteroatoms. The van der Waals surface area contributed by atoms with E-state index >= 15 is 0 Å². The largest absolute Gasteiger partial charge is 0.353 e. The number of hydrogen-bond acceptors (Lipinski definition) is 2. The summed E-state index contributed by atoms with van der Waals surface area (Å²) >= 11 is 2.06. The minimum Gasteiger partial charge on any atom is -0.353 e. The Balaban J connectivity index is 1.76. The van der Waals surface area contributed by atoms with Gasteiger partial charge in [-0.3, -0.25) is 4.99 Å². The molecule has 3 nitrogen and oxygen atoms in total. The molecule has 0 bridgehead atoms. The molecule has 18 heavy (non-hydrogen) atoms. The second-order valence-corrected chi connectivity index (χ2v) is 6.57. The lowest BCUT2D eigenvalue weighted by atomic mass is 10.2. The Kier molecular flexibility index (Phi) is 5.67. The third kappa shape index (κ3) is 4.38. The minimum atomic E-state index is 0.616. The van der Waals surface area contributed by atoms with Gasteiger partial charge in [-0.2, -0.15) is 11.8 Å². The Morgan fingerprint density at radius 3 is 2.89 bits per heavy atom. The molecule has 1 saturated carbocycles. The van der Waals surface area contributed by atoms with Crippen LogP contribution < -0.4 is 10.6 Å². The first-order valence-electron chi connectivity index (χ1n) is 7.48. The van der Waals surface area contributed by atoms with E-state index < -0.39 is 0 Å². The Morgan fingerprint density at radius 2 is 2.22 bits per heavy atom. The quantitative estimate of drug-likeness (QED) is 0.595. The molecule has 0 aromatic rings. The summed E-state index contributed by atoms with van der Waals surface area (Å²) < 4.78 is 0. The van der Waals surface area contributed by atoms with E-state index in [0.29, 0.717) is 12.1 Å². The molecule has 1 saturated heterocycles. The molecule has 1 aliphatic heterocycles. The van der Waals surface area contributed by atoms with Gasteiger partial charge in [-0.05, 0) is 44.3 Å². The molecule has 2 rings (SSSR count). The fourth-order valence-corrected chi connectivity index (χ4v) is 3.70. The van der Waals surface area contributed by atoms with Crippen LogP contribution in [0.2, 0.25) is 0 Å². The van der Waals surface area contributed by atoms with Crippen LogP contribution >= 0.6 is 11.8 Å². The van der Waals surface area contributed by atoms with Crippen LogP contribution in [-0.2, 0) is 0 Å². The SMILES string of the molecule is CCCC1CC1NC(=NCC)NC1CCCSC1. The van der Waals surface area contributed by atoms with Gasteiger partial charge in [0.15, 0.2) is 5.96 Å². The lowest BCUT2D eigenvalue weighted by molar-refractivity contribution is 0.575. The van der Waals surface area contributed by atoms with E-state index in [-0.39, 0.29) is 0 Å². The number of guanidine groups is 1. The average molecular weight is 269 g/mol. The zero-order chi connectivity index (χ0) is 12.8. The molecule has 2 aliphatic rings. The van der Waals surface area contributed by atoms with Crippen LogP contribution in [0.3, 0.4) is 0 Å². The van der Waals surface area contributed by atoms with Crippen LogP contribution in [-0.4, -0.2) is 36.1 Å². The van der Waals surface area contributed by atoms with Gasteiger partial charge in [0.05, 0.1) is 0 Å². The van der Waals surface area contributed by atoms with E-state index in [1.165, 1.54) is 43.6 Å². The van der Waals surface area contributed by atoms with Crippen molar-refractivity contribution in [3.8, 4) is 0 Å². The highest BCUT2D eigenvalue weighted by atomic mass is 32.2. The van der Waals surface area contributed by atoms with Crippen molar-refractivity contribution in [3.05, 3.63) is 0 Å². The predicted octanol–water partition coefficient (Wildman–Crippen LogP) is 2.63. The molecular formula is C14H27N3S. The Labute approximate surface area is 116 Å². The first kappa shape index (κ1) is 14.0. The molecule has 0 spiro atoms. The van der Waals surface area contributed by atoms with Crippen molar-refractivity contribution < 1.29 is 0 Å². The van der Waals surface area contributed by atoms with Gasteiger partial charge in [-0.1, -0.05) is 13.3 Å². The van der Waals surface area contributed by atoms with E-state index in [2.05, 4.69) is 41.2 Å². The number of nitrogens with zero attached hydrogens (tertiary/aromatic N) is 1. The summed E-state index contributed by atoms with van der Waals surface area (Å²) in [4.78, 5) is 4.58. The topological polar surface area (TPSA) is 36.4 Å². The zero-order valence-electron chi connectivity index (χ0n) is 11.7. The van der Waals surface area contributed by atoms with Crippen molar-refractivity contribution in [2.45, 2.75) is 58.0 Å². The lowest BCUT2D eigenvalue weighted by Gasteiger charge is -2.24. The van der Waals surface area contributed by atoms with Gasteiger partial charge in [0.2, 0.25) is 0 Å². The van der Waals surface area contributed by atoms with Crippen molar-refractivity contribution in [1.82, 2.24) is 10.6 Å². The summed E-state index contributed by atoms with van der Waals surface area (Å²) in [7, 11) is 0. The van der Waals surface area contributed by atoms with E-state index in [9.17, 15) is 0 Å². The summed E-state index contributed by atoms with van der Waals surface area (Å²) in [6, 6.07) is 1.30. The van der Waals surface area contributed by atoms with Gasteiger partial charge < -0.3 is 10.6 Å². The van der Waals surface area contributed by atoms with E-state index in [1.54, 1.807) is 0 Å². The second kappa shape index (κ2) is 7.27. The second-order valence-electron chi connectivity index (χ2n) is 5.42. The number of hydrogen-bond donors (Lipinski definition) is 2. The zero-order valence-corrected chi connectivity index (χ0v) is 12.6. The maximum absolute atomic E-state index is 4.58. The van der Waals surface area contributed by atoms with Gasteiger partial charge in [0, 0.05) is 24.4 Å². The normalized spacial score (nSPS) is 32.1. The molecule has 1 aliphatic carbocycles. The fourth-order valence-electron chi connectivity index (χ4n) is 2.63. The van der Waals surface area contributed by atoms with Gasteiger partial charge in [0.1, 0.15) is 0 Å². The maximum Gasteiger partial charge on any atom is 0.191 e. The molecule has 0 amide bonds. The number of nitrogens with one attached hydrogen (secondary N) is 2. The van der Waals surface area contributed by atoms with E-state index in [1.807, 2.05) is 0 Å². The predicted molar refractivity (Wildman–Crippen MR) is 81.4 cm³/mol. The van der Waals surface area contributed by atoms with Gasteiger partial charge in [-0.15, -0.1) is 0 Å². The molecule has 104 valence electrons. The third-order valence-electron chi connectivity index (χ3n) is 3.72. The van der Waals surface area contributed by atoms with E-state index in [4.69, 9.17) is 0 Å². The van der Waals surface area contributed by atoms with Crippen molar-refractivity contribution in [1.29, 1.82) is 0 Å². The number of rotatable bonds is 5. The Bertz CT molecular complexity index is 274. The monoisotopic (exact) mass is 269 g/mol. The van der Waals surface area contributed by atoms with Crippen LogP contribution in [0, 0.1) is 5.92 Å². The van der Waals surface area contributed by atoms with Crippen LogP contribution in [0.1, 0.15) is 46.0 Å². The Hall–Kier alpha value is -0.380. The molecule has 3 atom stereocenters. The summed E-state index contributed by atoms with van der Waals surface area (Å²) in [6.45, 7) is 5.24. The third-order valence-corrected chi connectivity index (χ3v) is 4.94. The summed E-state index contributed by atoms with van der Waals surface area (Å²) in [6.07, 6.45) is 6.62. The molecule has 0 radical (unpaired) electrons. The van der Waals surface area contributed by atoms with Crippen molar-refractivity contribution in [2.75, 3.05) is 18.1 Å². The van der Waals surface area contributed by atoms with Crippen molar-refractivity contribution >= 4 is 17.7 Å². The Morgan fingerprint density at radius 1 is 1.33 bits per heavy atom. The molecule has 0 aromatic heterocycles. The standard InChI is InChI=1S/C14H27N3S/c1-3-6-11-9-13(11)17-14(15-4-2)16-12-7-5-8-18-10-12/h11-13H,3-10H2,1-2H3,(H2,15,16,17). The molecule has 0 aromatic carbocycles. The maximum atomic E-state index is 4.58. The fraction of sp³-hybridized carbons (Fsp3) is 0.929. The van der Waals surface area contributed by atoms with E-state index in [0.717, 1.165) is 18.4 Å². The summed E-state index contributed by atoms with van der Waals surface area (Å²) in [5.74, 6) is 4.49. The van der Waals surface area contributed by atoms with Crippen LogP contribution in [0.4, 0.5) is 0 Å². The molecule has 3 unspecified atom stereocenters. The lowest BCUT2D eigenvalue weighted by Crippen LogP contribution is -2.46. The highest BCUT2D eigenvalue weighted by molar-refractivity contribution is 7.99. The average Bonchev–Trinajstić information content (AvgIpc) is 3.09. The molecule has 2 N–H and O–H groups in total. The highest BCUT2D eigenvalue weighted by Gasteiger charge is 2.36. The number of aliphatic imine (C=N–C) groups is 1. The minimum absolute atomic E-state index is 0.616. The van der Waals surface area contributed by atoms with Crippen LogP contribution in [0.5, 0.6) is 0 Å². The van der Waals surface area contributed by atoms with Crippen molar-refractivity contribution in [3.63, 3.8) is 0 Å². The number of thioether (sulfide) groups is 1. The molecule has 2 fully saturated rings. The first-order chi connectivity index (χ1) is 8.83. The van der Waals surface area contributed by atoms with Crippen molar-refractivity contribution in [2.24, 2.45) is 10.9 Å². The van der Waals surface area contributed by atoms with Crippen LogP contribution in [0.25, 0.3) is 0 Å². The summed E-state index contributed by atoms with van der Waals surface area (Å²) in [5.41, 5.74) is 0. The summed E-state index contributed by atoms with van der Waals surface area (Å²) in [5, 5.41) is 7.21. The van der Waals surface area contributed by atoms with Crippen LogP contribution in [0.15, 0.2) is 4.99 Å². The van der Waals surface area contributed by atoms with Gasteiger partial charge in [-0.25, -0.2) is 0 Å².